The Labute approximate surface area is 136 Å². The molecular formula is C12H4Cl3F3N4. The zero-order chi connectivity index (χ0) is 16.1. The van der Waals surface area contributed by atoms with E-state index in [1.807, 2.05) is 0 Å². The van der Waals surface area contributed by atoms with Crippen molar-refractivity contribution in [2.75, 3.05) is 0 Å². The second-order valence-corrected chi connectivity index (χ2v) is 5.42. The Bertz CT molecular complexity index is 876. The van der Waals surface area contributed by atoms with Gasteiger partial charge in [-0.05, 0) is 29.8 Å². The highest BCUT2D eigenvalue weighted by Gasteiger charge is 2.36. The van der Waals surface area contributed by atoms with E-state index < -0.39 is 12.0 Å². The highest BCUT2D eigenvalue weighted by atomic mass is 35.5. The summed E-state index contributed by atoms with van der Waals surface area (Å²) in [6.45, 7) is 0. The number of hydrogen-bond donors (Lipinski definition) is 0. The van der Waals surface area contributed by atoms with Gasteiger partial charge in [-0.2, -0.15) is 17.7 Å². The fourth-order valence-electron chi connectivity index (χ4n) is 1.81. The molecule has 0 radical (unpaired) electrons. The quantitative estimate of drug-likeness (QED) is 0.582. The second kappa shape index (κ2) is 5.26. The van der Waals surface area contributed by atoms with Crippen molar-refractivity contribution in [1.82, 2.24) is 19.6 Å². The van der Waals surface area contributed by atoms with Crippen LogP contribution in [0.15, 0.2) is 24.3 Å². The molecule has 0 saturated carbocycles. The summed E-state index contributed by atoms with van der Waals surface area (Å²) >= 11 is 17.7. The second-order valence-electron chi connectivity index (χ2n) is 4.24. The summed E-state index contributed by atoms with van der Waals surface area (Å²) in [7, 11) is 0. The van der Waals surface area contributed by atoms with Gasteiger partial charge in [-0.3, -0.25) is 0 Å². The van der Waals surface area contributed by atoms with Crippen molar-refractivity contribution in [3.63, 3.8) is 0 Å². The first-order valence-electron chi connectivity index (χ1n) is 5.71. The van der Waals surface area contributed by atoms with Crippen molar-refractivity contribution in [1.29, 1.82) is 0 Å². The number of fused-ring (bicyclic) bond motifs is 1. The average molecular weight is 368 g/mol. The van der Waals surface area contributed by atoms with Crippen LogP contribution in [0.5, 0.6) is 0 Å². The van der Waals surface area contributed by atoms with Crippen LogP contribution in [-0.4, -0.2) is 19.6 Å². The molecule has 0 bridgehead atoms. The Balaban J connectivity index is 2.20. The van der Waals surface area contributed by atoms with Crippen molar-refractivity contribution >= 4 is 40.4 Å². The van der Waals surface area contributed by atoms with E-state index in [4.69, 9.17) is 34.8 Å². The van der Waals surface area contributed by atoms with E-state index in [1.165, 1.54) is 12.1 Å². The van der Waals surface area contributed by atoms with Crippen LogP contribution in [-0.2, 0) is 6.18 Å². The zero-order valence-corrected chi connectivity index (χ0v) is 12.6. The molecule has 4 nitrogen and oxygen atoms in total. The van der Waals surface area contributed by atoms with Gasteiger partial charge in [0, 0.05) is 16.7 Å². The topological polar surface area (TPSA) is 43.1 Å². The highest BCUT2D eigenvalue weighted by molar-refractivity contribution is 6.36. The van der Waals surface area contributed by atoms with E-state index in [0.29, 0.717) is 10.6 Å². The lowest BCUT2D eigenvalue weighted by Gasteiger charge is -2.05. The third-order valence-electron chi connectivity index (χ3n) is 2.75. The SMILES string of the molecule is FC(F)(F)c1nc2cc(-c3ccc(Cl)cc3Cl)nc(Cl)n2n1. The summed E-state index contributed by atoms with van der Waals surface area (Å²) in [5.41, 5.74) is 0.639. The smallest absolute Gasteiger partial charge is 0.218 e. The molecular weight excluding hydrogens is 364 g/mol. The Morgan fingerprint density at radius 1 is 1.00 bits per heavy atom. The molecule has 0 aliphatic rings. The van der Waals surface area contributed by atoms with E-state index in [-0.39, 0.29) is 21.6 Å². The van der Waals surface area contributed by atoms with Crippen molar-refractivity contribution in [2.24, 2.45) is 0 Å². The van der Waals surface area contributed by atoms with E-state index in [9.17, 15) is 13.2 Å². The Kier molecular flexibility index (Phi) is 3.66. The normalized spacial score (nSPS) is 12.1. The summed E-state index contributed by atoms with van der Waals surface area (Å²) in [4.78, 5) is 7.40. The van der Waals surface area contributed by atoms with Gasteiger partial charge in [0.2, 0.25) is 5.28 Å². The minimum atomic E-state index is -4.67. The monoisotopic (exact) mass is 366 g/mol. The highest BCUT2D eigenvalue weighted by Crippen LogP contribution is 2.32. The number of halogens is 6. The third kappa shape index (κ3) is 2.71. The van der Waals surface area contributed by atoms with Crippen LogP contribution in [0.2, 0.25) is 15.3 Å². The standard InChI is InChI=1S/C12H4Cl3F3N4/c13-5-1-2-6(7(14)3-5)8-4-9-20-10(12(16,17)18)21-22(9)11(15)19-8/h1-4H. The summed E-state index contributed by atoms with van der Waals surface area (Å²) in [6, 6.07) is 5.96. The summed E-state index contributed by atoms with van der Waals surface area (Å²) in [5.74, 6) is -1.30. The van der Waals surface area contributed by atoms with Crippen LogP contribution in [0.3, 0.4) is 0 Å². The summed E-state index contributed by atoms with van der Waals surface area (Å²) < 4.78 is 38.8. The fraction of sp³-hybridized carbons (Fsp3) is 0.0833. The lowest BCUT2D eigenvalue weighted by molar-refractivity contribution is -0.144. The van der Waals surface area contributed by atoms with Crippen molar-refractivity contribution in [2.45, 2.75) is 6.18 Å². The first kappa shape index (κ1) is 15.3. The van der Waals surface area contributed by atoms with Gasteiger partial charge in [0.1, 0.15) is 0 Å². The molecule has 22 heavy (non-hydrogen) atoms. The molecule has 0 unspecified atom stereocenters. The van der Waals surface area contributed by atoms with Crippen LogP contribution in [0, 0.1) is 0 Å². The number of nitrogens with zero attached hydrogens (tertiary/aromatic N) is 4. The molecule has 0 saturated heterocycles. The van der Waals surface area contributed by atoms with E-state index >= 15 is 0 Å². The molecule has 2 aromatic heterocycles. The van der Waals surface area contributed by atoms with Gasteiger partial charge in [-0.1, -0.05) is 23.2 Å². The minimum absolute atomic E-state index is 0.0895. The lowest BCUT2D eigenvalue weighted by Crippen LogP contribution is -2.07. The van der Waals surface area contributed by atoms with Crippen molar-refractivity contribution in [3.8, 4) is 11.3 Å². The molecule has 2 heterocycles. The fourth-order valence-corrected chi connectivity index (χ4v) is 2.53. The van der Waals surface area contributed by atoms with Crippen LogP contribution in [0.25, 0.3) is 16.9 Å². The van der Waals surface area contributed by atoms with Gasteiger partial charge in [-0.25, -0.2) is 9.97 Å². The Morgan fingerprint density at radius 3 is 2.36 bits per heavy atom. The maximum Gasteiger partial charge on any atom is 0.453 e. The number of hydrogen-bond acceptors (Lipinski definition) is 3. The minimum Gasteiger partial charge on any atom is -0.218 e. The molecule has 0 spiro atoms. The van der Waals surface area contributed by atoms with E-state index in [1.54, 1.807) is 12.1 Å². The molecule has 3 rings (SSSR count). The molecule has 0 amide bonds. The molecule has 0 aliphatic carbocycles. The average Bonchev–Trinajstić information content (AvgIpc) is 2.83. The number of alkyl halides is 3. The molecule has 0 N–H and O–H groups in total. The zero-order valence-electron chi connectivity index (χ0n) is 10.4. The molecule has 10 heteroatoms. The van der Waals surface area contributed by atoms with Crippen LogP contribution in [0.4, 0.5) is 13.2 Å². The van der Waals surface area contributed by atoms with Crippen LogP contribution in [0.1, 0.15) is 5.82 Å². The van der Waals surface area contributed by atoms with Gasteiger partial charge in [0.05, 0.1) is 10.7 Å². The predicted molar refractivity (Wildman–Crippen MR) is 76.3 cm³/mol. The van der Waals surface area contributed by atoms with Gasteiger partial charge < -0.3 is 0 Å². The maximum absolute atomic E-state index is 12.7. The van der Waals surface area contributed by atoms with Gasteiger partial charge in [0.15, 0.2) is 5.65 Å². The van der Waals surface area contributed by atoms with Crippen LogP contribution >= 0.6 is 34.8 Å². The molecule has 1 aromatic carbocycles. The summed E-state index contributed by atoms with van der Waals surface area (Å²) in [5, 5.41) is 3.73. The first-order chi connectivity index (χ1) is 10.3. The lowest BCUT2D eigenvalue weighted by atomic mass is 10.1. The Morgan fingerprint density at radius 2 is 1.73 bits per heavy atom. The van der Waals surface area contributed by atoms with E-state index in [0.717, 1.165) is 4.52 Å². The summed E-state index contributed by atoms with van der Waals surface area (Å²) in [6.07, 6.45) is -4.67. The number of aromatic nitrogens is 4. The molecule has 0 atom stereocenters. The molecule has 0 fully saturated rings. The Hall–Kier alpha value is -1.57. The van der Waals surface area contributed by atoms with Crippen molar-refractivity contribution in [3.05, 3.63) is 45.4 Å². The van der Waals surface area contributed by atoms with Crippen molar-refractivity contribution < 1.29 is 13.2 Å². The number of benzene rings is 1. The molecule has 114 valence electrons. The van der Waals surface area contributed by atoms with Crippen LogP contribution < -0.4 is 0 Å². The van der Waals surface area contributed by atoms with E-state index in [2.05, 4.69) is 15.1 Å². The third-order valence-corrected chi connectivity index (χ3v) is 3.54. The first-order valence-corrected chi connectivity index (χ1v) is 6.85. The predicted octanol–water partition coefficient (Wildman–Crippen LogP) is 4.77. The molecule has 0 aliphatic heterocycles. The van der Waals surface area contributed by atoms with Gasteiger partial charge in [-0.15, -0.1) is 5.10 Å². The van der Waals surface area contributed by atoms with Gasteiger partial charge in [0.25, 0.3) is 5.82 Å². The largest absolute Gasteiger partial charge is 0.453 e. The maximum atomic E-state index is 12.7. The molecule has 3 aromatic rings. The number of rotatable bonds is 1. The van der Waals surface area contributed by atoms with Gasteiger partial charge >= 0.3 is 6.18 Å².